The van der Waals surface area contributed by atoms with Crippen LogP contribution in [-0.4, -0.2) is 0 Å². The SMILES string of the molecule is C#CC1CCCC1.C1CCCC1.[Fe]. The van der Waals surface area contributed by atoms with Crippen molar-refractivity contribution in [3.05, 3.63) is 0 Å². The maximum absolute atomic E-state index is 5.18. The molecule has 13 heavy (non-hydrogen) atoms. The molecule has 0 aromatic carbocycles. The first-order valence-corrected chi connectivity index (χ1v) is 5.39. The first-order chi connectivity index (χ1) is 5.93. The quantitative estimate of drug-likeness (QED) is 0.430. The van der Waals surface area contributed by atoms with E-state index in [9.17, 15) is 0 Å². The zero-order valence-corrected chi connectivity index (χ0v) is 9.48. The van der Waals surface area contributed by atoms with Crippen LogP contribution >= 0.6 is 0 Å². The predicted molar refractivity (Wildman–Crippen MR) is 53.9 cm³/mol. The molecule has 0 spiro atoms. The van der Waals surface area contributed by atoms with Gasteiger partial charge in [-0.15, -0.1) is 12.3 Å². The molecular formula is C12H20Fe. The van der Waals surface area contributed by atoms with Gasteiger partial charge in [-0.1, -0.05) is 44.9 Å². The molecule has 0 amide bonds. The molecule has 0 radical (unpaired) electrons. The van der Waals surface area contributed by atoms with E-state index in [0.29, 0.717) is 5.92 Å². The van der Waals surface area contributed by atoms with Crippen LogP contribution in [0.1, 0.15) is 57.8 Å². The summed E-state index contributed by atoms with van der Waals surface area (Å²) in [6.07, 6.45) is 17.9. The van der Waals surface area contributed by atoms with Gasteiger partial charge in [0, 0.05) is 23.0 Å². The van der Waals surface area contributed by atoms with E-state index < -0.39 is 0 Å². The van der Waals surface area contributed by atoms with Crippen LogP contribution in [0, 0.1) is 18.3 Å². The Balaban J connectivity index is 0.000000215. The first kappa shape index (κ1) is 13.1. The van der Waals surface area contributed by atoms with Gasteiger partial charge >= 0.3 is 0 Å². The molecule has 0 saturated heterocycles. The van der Waals surface area contributed by atoms with Gasteiger partial charge < -0.3 is 0 Å². The Morgan fingerprint density at radius 2 is 1.15 bits per heavy atom. The maximum Gasteiger partial charge on any atom is 0.0200 e. The number of terminal acetylenes is 1. The zero-order valence-electron chi connectivity index (χ0n) is 8.37. The van der Waals surface area contributed by atoms with Crippen molar-refractivity contribution in [3.8, 4) is 12.3 Å². The molecule has 0 N–H and O–H groups in total. The van der Waals surface area contributed by atoms with Crippen LogP contribution in [0.5, 0.6) is 0 Å². The van der Waals surface area contributed by atoms with Gasteiger partial charge in [0.1, 0.15) is 0 Å². The molecule has 0 bridgehead atoms. The summed E-state index contributed by atoms with van der Waals surface area (Å²) >= 11 is 0. The minimum absolute atomic E-state index is 0. The summed E-state index contributed by atoms with van der Waals surface area (Å²) in [6.45, 7) is 0. The van der Waals surface area contributed by atoms with Crippen LogP contribution in [0.15, 0.2) is 0 Å². The van der Waals surface area contributed by atoms with E-state index in [0.717, 1.165) is 0 Å². The summed E-state index contributed by atoms with van der Waals surface area (Å²) in [5.41, 5.74) is 0. The summed E-state index contributed by atoms with van der Waals surface area (Å²) in [7, 11) is 0. The third-order valence-corrected chi connectivity index (χ3v) is 2.84. The van der Waals surface area contributed by atoms with Crippen LogP contribution in [0.3, 0.4) is 0 Å². The van der Waals surface area contributed by atoms with E-state index in [2.05, 4.69) is 5.92 Å². The second-order valence-electron chi connectivity index (χ2n) is 3.92. The summed E-state index contributed by atoms with van der Waals surface area (Å²) in [5.74, 6) is 3.39. The molecule has 0 aromatic heterocycles. The van der Waals surface area contributed by atoms with Crippen molar-refractivity contribution in [2.45, 2.75) is 57.8 Å². The van der Waals surface area contributed by atoms with E-state index in [1.54, 1.807) is 0 Å². The fourth-order valence-electron chi connectivity index (χ4n) is 1.98. The molecule has 0 nitrogen and oxygen atoms in total. The largest absolute Gasteiger partial charge is 0.120 e. The van der Waals surface area contributed by atoms with Crippen molar-refractivity contribution < 1.29 is 17.1 Å². The van der Waals surface area contributed by atoms with Gasteiger partial charge in [-0.05, 0) is 12.8 Å². The van der Waals surface area contributed by atoms with Crippen molar-refractivity contribution in [3.63, 3.8) is 0 Å². The van der Waals surface area contributed by atoms with Gasteiger partial charge in [0.05, 0.1) is 0 Å². The molecule has 2 fully saturated rings. The van der Waals surface area contributed by atoms with Crippen molar-refractivity contribution in [1.82, 2.24) is 0 Å². The number of hydrogen-bond acceptors (Lipinski definition) is 0. The summed E-state index contributed by atoms with van der Waals surface area (Å²) in [4.78, 5) is 0. The smallest absolute Gasteiger partial charge is 0.0200 e. The van der Waals surface area contributed by atoms with Gasteiger partial charge in [0.15, 0.2) is 0 Å². The third kappa shape index (κ3) is 6.19. The number of rotatable bonds is 0. The summed E-state index contributed by atoms with van der Waals surface area (Å²) < 4.78 is 0. The van der Waals surface area contributed by atoms with E-state index in [1.165, 1.54) is 57.8 Å². The fraction of sp³-hybridized carbons (Fsp3) is 0.833. The molecule has 0 heterocycles. The molecule has 2 aliphatic carbocycles. The molecule has 2 rings (SSSR count). The maximum atomic E-state index is 5.18. The topological polar surface area (TPSA) is 0 Å². The van der Waals surface area contributed by atoms with E-state index >= 15 is 0 Å². The molecule has 0 atom stereocenters. The van der Waals surface area contributed by atoms with Gasteiger partial charge in [0.2, 0.25) is 0 Å². The van der Waals surface area contributed by atoms with E-state index in [4.69, 9.17) is 6.42 Å². The van der Waals surface area contributed by atoms with Gasteiger partial charge in [-0.25, -0.2) is 0 Å². The Hall–Kier alpha value is 0.0795. The van der Waals surface area contributed by atoms with Crippen molar-refractivity contribution >= 4 is 0 Å². The Bertz CT molecular complexity index is 128. The Morgan fingerprint density at radius 1 is 0.769 bits per heavy atom. The Labute approximate surface area is 93.3 Å². The molecule has 1 heteroatoms. The molecule has 2 aliphatic rings. The average Bonchev–Trinajstić information content (AvgIpc) is 2.81. The monoisotopic (exact) mass is 220 g/mol. The fourth-order valence-corrected chi connectivity index (χ4v) is 1.98. The second-order valence-corrected chi connectivity index (χ2v) is 3.92. The summed E-state index contributed by atoms with van der Waals surface area (Å²) in [6, 6.07) is 0. The number of hydrogen-bond donors (Lipinski definition) is 0. The molecule has 0 unspecified atom stereocenters. The van der Waals surface area contributed by atoms with Crippen LogP contribution in [0.25, 0.3) is 0 Å². The average molecular weight is 220 g/mol. The van der Waals surface area contributed by atoms with Gasteiger partial charge in [0.25, 0.3) is 0 Å². The molecular weight excluding hydrogens is 200 g/mol. The summed E-state index contributed by atoms with van der Waals surface area (Å²) in [5, 5.41) is 0. The van der Waals surface area contributed by atoms with Gasteiger partial charge in [-0.2, -0.15) is 0 Å². The van der Waals surface area contributed by atoms with E-state index in [-0.39, 0.29) is 17.1 Å². The van der Waals surface area contributed by atoms with Crippen LogP contribution in [0.2, 0.25) is 0 Å². The van der Waals surface area contributed by atoms with Crippen molar-refractivity contribution in [2.24, 2.45) is 5.92 Å². The minimum Gasteiger partial charge on any atom is -0.120 e. The van der Waals surface area contributed by atoms with Crippen molar-refractivity contribution in [2.75, 3.05) is 0 Å². The predicted octanol–water partition coefficient (Wildman–Crippen LogP) is 3.76. The Kier molecular flexibility index (Phi) is 8.72. The van der Waals surface area contributed by atoms with Crippen molar-refractivity contribution in [1.29, 1.82) is 0 Å². The van der Waals surface area contributed by atoms with Gasteiger partial charge in [-0.3, -0.25) is 0 Å². The molecule has 2 saturated carbocycles. The molecule has 0 aliphatic heterocycles. The standard InChI is InChI=1S/C7H10.C5H10.Fe/c1-2-7-5-3-4-6-7;1-2-4-5-3-1;/h1,7H,3-6H2;1-5H2;. The van der Waals surface area contributed by atoms with Crippen LogP contribution in [-0.2, 0) is 17.1 Å². The van der Waals surface area contributed by atoms with Crippen LogP contribution in [0.4, 0.5) is 0 Å². The zero-order chi connectivity index (χ0) is 8.65. The van der Waals surface area contributed by atoms with E-state index in [1.807, 2.05) is 0 Å². The first-order valence-electron chi connectivity index (χ1n) is 5.39. The Morgan fingerprint density at radius 3 is 1.38 bits per heavy atom. The normalized spacial score (nSPS) is 21.2. The minimum atomic E-state index is 0. The third-order valence-electron chi connectivity index (χ3n) is 2.84. The molecule has 0 aromatic rings. The molecule has 76 valence electrons. The second kappa shape index (κ2) is 8.67. The van der Waals surface area contributed by atoms with Crippen LogP contribution < -0.4 is 0 Å².